The molecule has 1 saturated heterocycles. The summed E-state index contributed by atoms with van der Waals surface area (Å²) in [4.78, 5) is 14.5. The van der Waals surface area contributed by atoms with Crippen molar-refractivity contribution in [3.05, 3.63) is 53.6 Å². The molecule has 1 atom stereocenters. The number of ether oxygens (including phenoxy) is 3. The molecule has 1 aliphatic heterocycles. The summed E-state index contributed by atoms with van der Waals surface area (Å²) in [6, 6.07) is 14.0. The van der Waals surface area contributed by atoms with E-state index in [4.69, 9.17) is 14.2 Å². The van der Waals surface area contributed by atoms with Gasteiger partial charge in [0.05, 0.1) is 33.4 Å². The molecule has 1 amide bonds. The standard InChI is InChI=1S/C23H30N2O4/c1-27-19-7-4-6-17(14-19)15-24-13-12-18-10-11-23(26)25(18)16-20-21(28-2)8-5-9-22(20)29-3/h4-9,14,18,24H,10-13,15-16H2,1-3H3/t18-/m0/s1. The topological polar surface area (TPSA) is 60.0 Å². The van der Waals surface area contributed by atoms with Crippen LogP contribution in [0.2, 0.25) is 0 Å². The number of hydrogen-bond donors (Lipinski definition) is 1. The average molecular weight is 399 g/mol. The Kier molecular flexibility index (Phi) is 7.36. The van der Waals surface area contributed by atoms with Crippen molar-refractivity contribution in [3.63, 3.8) is 0 Å². The van der Waals surface area contributed by atoms with Crippen molar-refractivity contribution in [3.8, 4) is 17.2 Å². The Bertz CT molecular complexity index is 802. The highest BCUT2D eigenvalue weighted by atomic mass is 16.5. The Morgan fingerprint density at radius 3 is 2.45 bits per heavy atom. The number of likely N-dealkylation sites (tertiary alicyclic amines) is 1. The van der Waals surface area contributed by atoms with E-state index in [1.807, 2.05) is 41.3 Å². The fourth-order valence-electron chi connectivity index (χ4n) is 3.85. The Balaban J connectivity index is 1.58. The van der Waals surface area contributed by atoms with Gasteiger partial charge >= 0.3 is 0 Å². The molecule has 0 bridgehead atoms. The van der Waals surface area contributed by atoms with Crippen molar-refractivity contribution >= 4 is 5.91 Å². The highest BCUT2D eigenvalue weighted by molar-refractivity contribution is 5.79. The van der Waals surface area contributed by atoms with Crippen LogP contribution in [0.5, 0.6) is 17.2 Å². The molecule has 0 radical (unpaired) electrons. The van der Waals surface area contributed by atoms with Crippen LogP contribution in [0.4, 0.5) is 0 Å². The lowest BCUT2D eigenvalue weighted by molar-refractivity contribution is -0.129. The lowest BCUT2D eigenvalue weighted by Crippen LogP contribution is -2.34. The van der Waals surface area contributed by atoms with Gasteiger partial charge in [0.25, 0.3) is 0 Å². The fraction of sp³-hybridized carbons (Fsp3) is 0.435. The summed E-state index contributed by atoms with van der Waals surface area (Å²) in [5, 5.41) is 3.48. The van der Waals surface area contributed by atoms with Crippen molar-refractivity contribution in [1.29, 1.82) is 0 Å². The number of amides is 1. The van der Waals surface area contributed by atoms with Gasteiger partial charge in [-0.15, -0.1) is 0 Å². The van der Waals surface area contributed by atoms with E-state index in [9.17, 15) is 4.79 Å². The number of hydrogen-bond acceptors (Lipinski definition) is 5. The molecule has 0 aromatic heterocycles. The summed E-state index contributed by atoms with van der Waals surface area (Å²) in [5.74, 6) is 2.55. The Morgan fingerprint density at radius 2 is 1.76 bits per heavy atom. The third-order valence-corrected chi connectivity index (χ3v) is 5.43. The first-order valence-electron chi connectivity index (χ1n) is 9.99. The van der Waals surface area contributed by atoms with Crippen LogP contribution in [0.1, 0.15) is 30.4 Å². The minimum absolute atomic E-state index is 0.191. The zero-order chi connectivity index (χ0) is 20.6. The zero-order valence-electron chi connectivity index (χ0n) is 17.4. The molecule has 0 saturated carbocycles. The van der Waals surface area contributed by atoms with Crippen LogP contribution >= 0.6 is 0 Å². The summed E-state index contributed by atoms with van der Waals surface area (Å²) < 4.78 is 16.3. The first-order chi connectivity index (χ1) is 14.2. The number of carbonyl (C=O) groups excluding carboxylic acids is 1. The largest absolute Gasteiger partial charge is 0.497 e. The molecule has 0 spiro atoms. The molecular formula is C23H30N2O4. The predicted molar refractivity (Wildman–Crippen MR) is 112 cm³/mol. The minimum Gasteiger partial charge on any atom is -0.497 e. The van der Waals surface area contributed by atoms with Crippen LogP contribution in [0.25, 0.3) is 0 Å². The summed E-state index contributed by atoms with van der Waals surface area (Å²) in [5.41, 5.74) is 2.10. The Labute approximate surface area is 172 Å². The van der Waals surface area contributed by atoms with Gasteiger partial charge in [-0.05, 0) is 49.2 Å². The predicted octanol–water partition coefficient (Wildman–Crippen LogP) is 3.38. The average Bonchev–Trinajstić information content (AvgIpc) is 3.10. The first-order valence-corrected chi connectivity index (χ1v) is 9.99. The van der Waals surface area contributed by atoms with Crippen molar-refractivity contribution in [1.82, 2.24) is 10.2 Å². The zero-order valence-corrected chi connectivity index (χ0v) is 17.4. The summed E-state index contributed by atoms with van der Waals surface area (Å²) >= 11 is 0. The van der Waals surface area contributed by atoms with Crippen molar-refractivity contribution in [2.24, 2.45) is 0 Å². The third-order valence-electron chi connectivity index (χ3n) is 5.43. The SMILES string of the molecule is COc1cccc(CNCC[C@@H]2CCC(=O)N2Cc2c(OC)cccc2OC)c1. The number of nitrogens with one attached hydrogen (secondary N) is 1. The molecule has 2 aromatic rings. The summed E-state index contributed by atoms with van der Waals surface area (Å²) in [6.45, 7) is 2.12. The molecule has 2 aromatic carbocycles. The maximum absolute atomic E-state index is 12.5. The molecule has 29 heavy (non-hydrogen) atoms. The van der Waals surface area contributed by atoms with Gasteiger partial charge in [-0.3, -0.25) is 4.79 Å². The maximum atomic E-state index is 12.5. The van der Waals surface area contributed by atoms with E-state index >= 15 is 0 Å². The third kappa shape index (κ3) is 5.21. The number of benzene rings is 2. The van der Waals surface area contributed by atoms with E-state index in [0.29, 0.717) is 13.0 Å². The van der Waals surface area contributed by atoms with Gasteiger partial charge in [0.15, 0.2) is 0 Å². The monoisotopic (exact) mass is 398 g/mol. The van der Waals surface area contributed by atoms with E-state index in [0.717, 1.165) is 48.7 Å². The van der Waals surface area contributed by atoms with E-state index in [2.05, 4.69) is 11.4 Å². The quantitative estimate of drug-likeness (QED) is 0.622. The molecule has 0 unspecified atom stereocenters. The lowest BCUT2D eigenvalue weighted by Gasteiger charge is -2.26. The molecule has 3 rings (SSSR count). The van der Waals surface area contributed by atoms with Gasteiger partial charge in [-0.2, -0.15) is 0 Å². The number of rotatable bonds is 10. The highest BCUT2D eigenvalue weighted by Gasteiger charge is 2.31. The molecule has 6 heteroatoms. The molecule has 0 aliphatic carbocycles. The van der Waals surface area contributed by atoms with Gasteiger partial charge in [-0.1, -0.05) is 18.2 Å². The Morgan fingerprint density at radius 1 is 1.03 bits per heavy atom. The smallest absolute Gasteiger partial charge is 0.223 e. The van der Waals surface area contributed by atoms with Crippen molar-refractivity contribution in [2.45, 2.75) is 38.4 Å². The second-order valence-corrected chi connectivity index (χ2v) is 7.17. The normalized spacial score (nSPS) is 16.2. The molecule has 1 fully saturated rings. The van der Waals surface area contributed by atoms with E-state index < -0.39 is 0 Å². The highest BCUT2D eigenvalue weighted by Crippen LogP contribution is 2.33. The maximum Gasteiger partial charge on any atom is 0.223 e. The van der Waals surface area contributed by atoms with E-state index in [-0.39, 0.29) is 11.9 Å². The van der Waals surface area contributed by atoms with Crippen LogP contribution in [0.3, 0.4) is 0 Å². The van der Waals surface area contributed by atoms with Crippen LogP contribution in [-0.4, -0.2) is 44.7 Å². The van der Waals surface area contributed by atoms with Crippen LogP contribution in [0.15, 0.2) is 42.5 Å². The van der Waals surface area contributed by atoms with Gasteiger partial charge < -0.3 is 24.4 Å². The van der Waals surface area contributed by atoms with Crippen molar-refractivity contribution in [2.75, 3.05) is 27.9 Å². The molecule has 6 nitrogen and oxygen atoms in total. The second kappa shape index (κ2) is 10.2. The van der Waals surface area contributed by atoms with Crippen LogP contribution < -0.4 is 19.5 Å². The summed E-state index contributed by atoms with van der Waals surface area (Å²) in [6.07, 6.45) is 2.39. The lowest BCUT2D eigenvalue weighted by atomic mass is 10.1. The van der Waals surface area contributed by atoms with Crippen molar-refractivity contribution < 1.29 is 19.0 Å². The molecule has 1 N–H and O–H groups in total. The first kappa shape index (κ1) is 21.0. The number of nitrogens with zero attached hydrogens (tertiary/aromatic N) is 1. The summed E-state index contributed by atoms with van der Waals surface area (Å²) in [7, 11) is 4.96. The number of carbonyl (C=O) groups is 1. The van der Waals surface area contributed by atoms with E-state index in [1.54, 1.807) is 21.3 Å². The molecule has 1 heterocycles. The minimum atomic E-state index is 0.191. The van der Waals surface area contributed by atoms with Gasteiger partial charge in [-0.25, -0.2) is 0 Å². The molecule has 156 valence electrons. The van der Waals surface area contributed by atoms with Crippen LogP contribution in [0, 0.1) is 0 Å². The fourth-order valence-corrected chi connectivity index (χ4v) is 3.85. The molecular weight excluding hydrogens is 368 g/mol. The molecule has 1 aliphatic rings. The second-order valence-electron chi connectivity index (χ2n) is 7.17. The van der Waals surface area contributed by atoms with Gasteiger partial charge in [0.1, 0.15) is 17.2 Å². The van der Waals surface area contributed by atoms with E-state index in [1.165, 1.54) is 5.56 Å². The Hall–Kier alpha value is -2.73. The van der Waals surface area contributed by atoms with Gasteiger partial charge in [0.2, 0.25) is 5.91 Å². The van der Waals surface area contributed by atoms with Gasteiger partial charge in [0, 0.05) is 19.0 Å². The van der Waals surface area contributed by atoms with Crippen LogP contribution in [-0.2, 0) is 17.9 Å². The number of methoxy groups -OCH3 is 3.